The molecule has 32 heavy (non-hydrogen) atoms. The quantitative estimate of drug-likeness (QED) is 0.649. The van der Waals surface area contributed by atoms with Crippen LogP contribution in [0.3, 0.4) is 0 Å². The van der Waals surface area contributed by atoms with Crippen molar-refractivity contribution in [1.29, 1.82) is 0 Å². The molecule has 2 heterocycles. The number of pyridine rings is 1. The SMILES string of the molecule is O=C(c1ccc(-c2ccccc2)[nH]c1=O)N1CCN(S(=O)(=O)c2cc(F)ccc2F)CC1. The second kappa shape index (κ2) is 8.64. The Labute approximate surface area is 183 Å². The first-order valence-corrected chi connectivity index (χ1v) is 11.2. The van der Waals surface area contributed by atoms with Crippen molar-refractivity contribution in [1.82, 2.24) is 14.2 Å². The van der Waals surface area contributed by atoms with Gasteiger partial charge in [0.05, 0.1) is 0 Å². The number of sulfonamides is 1. The van der Waals surface area contributed by atoms with E-state index in [-0.39, 0.29) is 31.7 Å². The molecule has 1 N–H and O–H groups in total. The molecule has 0 radical (unpaired) electrons. The molecule has 0 unspecified atom stereocenters. The van der Waals surface area contributed by atoms with Crippen molar-refractivity contribution >= 4 is 15.9 Å². The van der Waals surface area contributed by atoms with Crippen molar-refractivity contribution in [2.75, 3.05) is 26.2 Å². The van der Waals surface area contributed by atoms with Gasteiger partial charge in [0.2, 0.25) is 10.0 Å². The number of carbonyl (C=O) groups excluding carboxylic acids is 1. The zero-order valence-corrected chi connectivity index (χ0v) is 17.6. The number of rotatable bonds is 4. The van der Waals surface area contributed by atoms with Crippen LogP contribution in [0.1, 0.15) is 10.4 Å². The number of aromatic nitrogens is 1. The lowest BCUT2D eigenvalue weighted by Gasteiger charge is -2.34. The summed E-state index contributed by atoms with van der Waals surface area (Å²) in [7, 11) is -4.26. The summed E-state index contributed by atoms with van der Waals surface area (Å²) in [6.45, 7) is -0.197. The van der Waals surface area contributed by atoms with Crippen LogP contribution in [-0.2, 0) is 10.0 Å². The summed E-state index contributed by atoms with van der Waals surface area (Å²) >= 11 is 0. The number of piperazine rings is 1. The van der Waals surface area contributed by atoms with Crippen LogP contribution in [0.2, 0.25) is 0 Å². The summed E-state index contributed by atoms with van der Waals surface area (Å²) in [5.74, 6) is -2.44. The monoisotopic (exact) mass is 459 g/mol. The Morgan fingerprint density at radius 2 is 1.59 bits per heavy atom. The molecule has 2 aromatic carbocycles. The Bertz CT molecular complexity index is 1320. The van der Waals surface area contributed by atoms with Gasteiger partial charge in [-0.3, -0.25) is 9.59 Å². The van der Waals surface area contributed by atoms with Gasteiger partial charge in [-0.25, -0.2) is 17.2 Å². The number of amides is 1. The molecule has 0 atom stereocenters. The zero-order valence-electron chi connectivity index (χ0n) is 16.8. The molecule has 0 aliphatic carbocycles. The standard InChI is InChI=1S/C22H19F2N3O4S/c23-16-6-8-18(24)20(14-16)32(30,31)27-12-10-26(11-13-27)22(29)17-7-9-19(25-21(17)28)15-4-2-1-3-5-15/h1-9,14H,10-13H2,(H,25,28). The molecule has 4 rings (SSSR count). The first-order chi connectivity index (χ1) is 15.3. The van der Waals surface area contributed by atoms with Crippen molar-refractivity contribution in [3.8, 4) is 11.3 Å². The first kappa shape index (κ1) is 21.8. The van der Waals surface area contributed by atoms with Gasteiger partial charge in [-0.1, -0.05) is 30.3 Å². The highest BCUT2D eigenvalue weighted by Crippen LogP contribution is 2.22. The fourth-order valence-electron chi connectivity index (χ4n) is 3.54. The van der Waals surface area contributed by atoms with E-state index in [0.717, 1.165) is 22.0 Å². The molecule has 3 aromatic rings. The van der Waals surface area contributed by atoms with Gasteiger partial charge in [0.15, 0.2) is 0 Å². The lowest BCUT2D eigenvalue weighted by molar-refractivity contribution is 0.0696. The fraction of sp³-hybridized carbons (Fsp3) is 0.182. The summed E-state index contributed by atoms with van der Waals surface area (Å²) in [6, 6.07) is 14.5. The largest absolute Gasteiger partial charge is 0.336 e. The third-order valence-corrected chi connectivity index (χ3v) is 7.18. The molecule has 1 amide bonds. The van der Waals surface area contributed by atoms with Gasteiger partial charge < -0.3 is 9.88 Å². The molecule has 10 heteroatoms. The minimum Gasteiger partial charge on any atom is -0.336 e. The van der Waals surface area contributed by atoms with Gasteiger partial charge >= 0.3 is 0 Å². The number of nitrogens with zero attached hydrogens (tertiary/aromatic N) is 2. The number of H-pyrrole nitrogens is 1. The van der Waals surface area contributed by atoms with Crippen molar-refractivity contribution in [3.63, 3.8) is 0 Å². The second-order valence-electron chi connectivity index (χ2n) is 7.25. The molecule has 7 nitrogen and oxygen atoms in total. The average Bonchev–Trinajstić information content (AvgIpc) is 2.80. The fourth-order valence-corrected chi connectivity index (χ4v) is 5.04. The van der Waals surface area contributed by atoms with Crippen LogP contribution in [0, 0.1) is 11.6 Å². The van der Waals surface area contributed by atoms with Crippen LogP contribution < -0.4 is 5.56 Å². The highest BCUT2D eigenvalue weighted by Gasteiger charge is 2.33. The van der Waals surface area contributed by atoms with E-state index in [2.05, 4.69) is 4.98 Å². The molecule has 166 valence electrons. The molecule has 1 aliphatic heterocycles. The van der Waals surface area contributed by atoms with E-state index in [9.17, 15) is 26.8 Å². The predicted molar refractivity (Wildman–Crippen MR) is 114 cm³/mol. The Balaban J connectivity index is 1.48. The number of nitrogens with one attached hydrogen (secondary N) is 1. The number of hydrogen-bond acceptors (Lipinski definition) is 4. The van der Waals surface area contributed by atoms with Crippen molar-refractivity contribution in [2.45, 2.75) is 4.90 Å². The minimum atomic E-state index is -4.26. The third-order valence-electron chi connectivity index (χ3n) is 5.26. The van der Waals surface area contributed by atoms with E-state index in [1.807, 2.05) is 30.3 Å². The number of carbonyl (C=O) groups is 1. The summed E-state index contributed by atoms with van der Waals surface area (Å²) < 4.78 is 53.8. The highest BCUT2D eigenvalue weighted by atomic mass is 32.2. The van der Waals surface area contributed by atoms with Crippen LogP contribution in [0.5, 0.6) is 0 Å². The zero-order chi connectivity index (χ0) is 22.9. The Hall–Kier alpha value is -3.37. The maximum absolute atomic E-state index is 14.0. The number of hydrogen-bond donors (Lipinski definition) is 1. The molecular formula is C22H19F2N3O4S. The van der Waals surface area contributed by atoms with Crippen molar-refractivity contribution in [2.24, 2.45) is 0 Å². The molecule has 1 fully saturated rings. The number of aromatic amines is 1. The van der Waals surface area contributed by atoms with Crippen molar-refractivity contribution in [3.05, 3.63) is 88.2 Å². The van der Waals surface area contributed by atoms with Crippen LogP contribution >= 0.6 is 0 Å². The molecule has 0 bridgehead atoms. The van der Waals surface area contributed by atoms with Gasteiger partial charge in [0.1, 0.15) is 22.1 Å². The van der Waals surface area contributed by atoms with E-state index in [1.165, 1.54) is 11.0 Å². The lowest BCUT2D eigenvalue weighted by atomic mass is 10.1. The van der Waals surface area contributed by atoms with E-state index in [0.29, 0.717) is 11.8 Å². The van der Waals surface area contributed by atoms with E-state index >= 15 is 0 Å². The van der Waals surface area contributed by atoms with Crippen molar-refractivity contribution < 1.29 is 22.0 Å². The van der Waals surface area contributed by atoms with E-state index in [4.69, 9.17) is 0 Å². The van der Waals surface area contributed by atoms with Crippen LogP contribution in [0.25, 0.3) is 11.3 Å². The van der Waals surface area contributed by atoms with Crippen LogP contribution in [-0.4, -0.2) is 54.7 Å². The summed E-state index contributed by atoms with van der Waals surface area (Å²) in [5.41, 5.74) is 0.762. The first-order valence-electron chi connectivity index (χ1n) is 9.80. The minimum absolute atomic E-state index is 0.00880. The van der Waals surface area contributed by atoms with Gasteiger partial charge in [0, 0.05) is 31.9 Å². The predicted octanol–water partition coefficient (Wildman–Crippen LogP) is 2.47. The highest BCUT2D eigenvalue weighted by molar-refractivity contribution is 7.89. The Kier molecular flexibility index (Phi) is 5.90. The smallest absolute Gasteiger partial charge is 0.261 e. The van der Waals surface area contributed by atoms with Crippen LogP contribution in [0.4, 0.5) is 8.78 Å². The van der Waals surface area contributed by atoms with E-state index in [1.54, 1.807) is 6.07 Å². The molecule has 1 aromatic heterocycles. The Morgan fingerprint density at radius 3 is 2.25 bits per heavy atom. The van der Waals surface area contributed by atoms with Crippen LogP contribution in [0.15, 0.2) is 70.4 Å². The summed E-state index contributed by atoms with van der Waals surface area (Å²) in [6.07, 6.45) is 0. The summed E-state index contributed by atoms with van der Waals surface area (Å²) in [4.78, 5) is 28.6. The Morgan fingerprint density at radius 1 is 0.906 bits per heavy atom. The van der Waals surface area contributed by atoms with Gasteiger partial charge in [-0.15, -0.1) is 0 Å². The van der Waals surface area contributed by atoms with Gasteiger partial charge in [0.25, 0.3) is 11.5 Å². The molecule has 1 saturated heterocycles. The average molecular weight is 459 g/mol. The summed E-state index contributed by atoms with van der Waals surface area (Å²) in [5, 5.41) is 0. The molecular weight excluding hydrogens is 440 g/mol. The maximum atomic E-state index is 14.0. The maximum Gasteiger partial charge on any atom is 0.261 e. The topological polar surface area (TPSA) is 90.6 Å². The van der Waals surface area contributed by atoms with E-state index < -0.39 is 38.0 Å². The molecule has 0 spiro atoms. The lowest BCUT2D eigenvalue weighted by Crippen LogP contribution is -2.51. The molecule has 0 saturated carbocycles. The normalized spacial score (nSPS) is 15.0. The number of benzene rings is 2. The van der Waals surface area contributed by atoms with Gasteiger partial charge in [-0.2, -0.15) is 4.31 Å². The molecule has 1 aliphatic rings. The second-order valence-corrected chi connectivity index (χ2v) is 9.16. The van der Waals surface area contributed by atoms with Gasteiger partial charge in [-0.05, 0) is 35.9 Å². The number of halogens is 2. The third kappa shape index (κ3) is 4.19.